The lowest BCUT2D eigenvalue weighted by Gasteiger charge is -1.97. The summed E-state index contributed by atoms with van der Waals surface area (Å²) in [5.74, 6) is 0.832. The van der Waals surface area contributed by atoms with E-state index in [1.807, 2.05) is 24.3 Å². The third kappa shape index (κ3) is 0.960. The van der Waals surface area contributed by atoms with E-state index in [1.165, 1.54) is 0 Å². The van der Waals surface area contributed by atoms with Gasteiger partial charge in [-0.25, -0.2) is 0 Å². The summed E-state index contributed by atoms with van der Waals surface area (Å²) in [6, 6.07) is 9.81. The summed E-state index contributed by atoms with van der Waals surface area (Å²) >= 11 is 0. The maximum absolute atomic E-state index is 8.51. The Morgan fingerprint density at radius 3 is 3.08 bits per heavy atom. The van der Waals surface area contributed by atoms with Crippen molar-refractivity contribution in [2.75, 3.05) is 0 Å². The van der Waals surface area contributed by atoms with Gasteiger partial charge in [0.2, 0.25) is 0 Å². The SMILES string of the molecule is N#CCc1ccc2cccoc1-2. The van der Waals surface area contributed by atoms with Crippen LogP contribution in [-0.2, 0) is 6.42 Å². The van der Waals surface area contributed by atoms with Crippen molar-refractivity contribution in [2.24, 2.45) is 0 Å². The van der Waals surface area contributed by atoms with Gasteiger partial charge in [-0.2, -0.15) is 5.26 Å². The number of fused-ring (bicyclic) bond motifs is 1. The molecule has 0 aromatic heterocycles. The van der Waals surface area contributed by atoms with Gasteiger partial charge in [0.05, 0.1) is 18.8 Å². The molecule has 0 saturated heterocycles. The van der Waals surface area contributed by atoms with Gasteiger partial charge in [0.25, 0.3) is 0 Å². The van der Waals surface area contributed by atoms with Gasteiger partial charge >= 0.3 is 0 Å². The smallest absolute Gasteiger partial charge is 0.137 e. The molecule has 1 aliphatic carbocycles. The highest BCUT2D eigenvalue weighted by Crippen LogP contribution is 2.27. The number of nitriles is 1. The number of nitrogens with zero attached hydrogens (tertiary/aromatic N) is 1. The van der Waals surface area contributed by atoms with Crippen LogP contribution in [0.25, 0.3) is 11.3 Å². The van der Waals surface area contributed by atoms with Gasteiger partial charge in [-0.3, -0.25) is 0 Å². The van der Waals surface area contributed by atoms with Crippen LogP contribution in [0.15, 0.2) is 34.9 Å². The molecule has 0 saturated carbocycles. The zero-order valence-electron chi connectivity index (χ0n) is 6.45. The lowest BCUT2D eigenvalue weighted by molar-refractivity contribution is 0.563. The molecule has 0 amide bonds. The average molecular weight is 157 g/mol. The van der Waals surface area contributed by atoms with E-state index in [0.717, 1.165) is 16.9 Å². The minimum atomic E-state index is 0.414. The summed E-state index contributed by atoms with van der Waals surface area (Å²) < 4.78 is 5.28. The number of hydrogen-bond acceptors (Lipinski definition) is 2. The monoisotopic (exact) mass is 157 g/mol. The Morgan fingerprint density at radius 1 is 1.33 bits per heavy atom. The maximum Gasteiger partial charge on any atom is 0.137 e. The standard InChI is InChI=1S/C10H7NO/c11-6-5-9-4-3-8-2-1-7-12-10(8)9/h1-4,7H,5H2. The van der Waals surface area contributed by atoms with Crippen molar-refractivity contribution in [3.8, 4) is 17.4 Å². The fraction of sp³-hybridized carbons (Fsp3) is 0.100. The normalized spacial score (nSPS) is 9.92. The average Bonchev–Trinajstić information content (AvgIpc) is 2.50. The lowest BCUT2D eigenvalue weighted by atomic mass is 10.2. The highest BCUT2D eigenvalue weighted by Gasteiger charge is 2.09. The van der Waals surface area contributed by atoms with Crippen LogP contribution in [0.4, 0.5) is 0 Å². The zero-order valence-corrected chi connectivity index (χ0v) is 6.45. The van der Waals surface area contributed by atoms with Crippen molar-refractivity contribution in [1.29, 1.82) is 5.26 Å². The summed E-state index contributed by atoms with van der Waals surface area (Å²) in [7, 11) is 0. The van der Waals surface area contributed by atoms with Crippen LogP contribution in [0.5, 0.6) is 0 Å². The minimum absolute atomic E-state index is 0.414. The van der Waals surface area contributed by atoms with E-state index >= 15 is 0 Å². The highest BCUT2D eigenvalue weighted by molar-refractivity contribution is 5.65. The highest BCUT2D eigenvalue weighted by atomic mass is 16.3. The summed E-state index contributed by atoms with van der Waals surface area (Å²) in [6.07, 6.45) is 2.04. The van der Waals surface area contributed by atoms with Gasteiger partial charge in [-0.05, 0) is 12.1 Å². The van der Waals surface area contributed by atoms with Crippen molar-refractivity contribution < 1.29 is 4.42 Å². The minimum Gasteiger partial charge on any atom is -0.464 e. The van der Waals surface area contributed by atoms with Crippen molar-refractivity contribution >= 4 is 0 Å². The first-order chi connectivity index (χ1) is 5.92. The molecular weight excluding hydrogens is 150 g/mol. The molecule has 2 nitrogen and oxygen atoms in total. The lowest BCUT2D eigenvalue weighted by Crippen LogP contribution is -1.80. The molecule has 1 heterocycles. The van der Waals surface area contributed by atoms with Crippen LogP contribution < -0.4 is 0 Å². The number of rotatable bonds is 1. The molecule has 0 fully saturated rings. The fourth-order valence-corrected chi connectivity index (χ4v) is 1.28. The molecule has 0 atom stereocenters. The van der Waals surface area contributed by atoms with E-state index in [2.05, 4.69) is 6.07 Å². The second-order valence-corrected chi connectivity index (χ2v) is 2.59. The van der Waals surface area contributed by atoms with Crippen molar-refractivity contribution in [2.45, 2.75) is 6.42 Å². The van der Waals surface area contributed by atoms with Gasteiger partial charge in [-0.15, -0.1) is 0 Å². The van der Waals surface area contributed by atoms with Crippen LogP contribution >= 0.6 is 0 Å². The molecule has 58 valence electrons. The zero-order chi connectivity index (χ0) is 8.39. The molecule has 0 aromatic carbocycles. The molecule has 2 aliphatic rings. The largest absolute Gasteiger partial charge is 0.464 e. The van der Waals surface area contributed by atoms with Crippen LogP contribution in [0.3, 0.4) is 0 Å². The van der Waals surface area contributed by atoms with Crippen LogP contribution in [0.2, 0.25) is 0 Å². The van der Waals surface area contributed by atoms with Crippen molar-refractivity contribution in [3.05, 3.63) is 36.1 Å². The van der Waals surface area contributed by atoms with Crippen molar-refractivity contribution in [3.63, 3.8) is 0 Å². The first kappa shape index (κ1) is 6.93. The molecular formula is C10H7NO. The Balaban J connectivity index is 2.54. The molecule has 0 spiro atoms. The van der Waals surface area contributed by atoms with Gasteiger partial charge in [0.1, 0.15) is 5.76 Å². The first-order valence-electron chi connectivity index (χ1n) is 3.74. The summed E-state index contributed by atoms with van der Waals surface area (Å²) in [5, 5.41) is 8.51. The van der Waals surface area contributed by atoms with E-state index in [-0.39, 0.29) is 0 Å². The van der Waals surface area contributed by atoms with Crippen LogP contribution in [0.1, 0.15) is 5.56 Å². The third-order valence-electron chi connectivity index (χ3n) is 1.83. The molecule has 0 unspecified atom stereocenters. The summed E-state index contributed by atoms with van der Waals surface area (Å²) in [6.45, 7) is 0. The Hall–Kier alpha value is -1.75. The van der Waals surface area contributed by atoms with Gasteiger partial charge < -0.3 is 4.42 Å². The Labute approximate surface area is 70.4 Å². The second-order valence-electron chi connectivity index (χ2n) is 2.59. The Bertz CT molecular complexity index is 397. The molecule has 0 radical (unpaired) electrons. The molecule has 0 aromatic rings. The van der Waals surface area contributed by atoms with E-state index < -0.39 is 0 Å². The van der Waals surface area contributed by atoms with Crippen LogP contribution in [-0.4, -0.2) is 0 Å². The Morgan fingerprint density at radius 2 is 2.25 bits per heavy atom. The fourth-order valence-electron chi connectivity index (χ4n) is 1.28. The van der Waals surface area contributed by atoms with E-state index in [4.69, 9.17) is 9.68 Å². The van der Waals surface area contributed by atoms with E-state index in [0.29, 0.717) is 6.42 Å². The topological polar surface area (TPSA) is 36.9 Å². The van der Waals surface area contributed by atoms with Gasteiger partial charge in [0.15, 0.2) is 0 Å². The Kier molecular flexibility index (Phi) is 1.56. The van der Waals surface area contributed by atoms with E-state index in [1.54, 1.807) is 6.26 Å². The molecule has 0 N–H and O–H groups in total. The summed E-state index contributed by atoms with van der Waals surface area (Å²) in [4.78, 5) is 0. The third-order valence-corrected chi connectivity index (χ3v) is 1.83. The molecule has 2 rings (SSSR count). The van der Waals surface area contributed by atoms with Crippen LogP contribution in [0, 0.1) is 11.3 Å². The predicted molar refractivity (Wildman–Crippen MR) is 44.6 cm³/mol. The predicted octanol–water partition coefficient (Wildman–Crippen LogP) is 2.45. The quantitative estimate of drug-likeness (QED) is 0.637. The van der Waals surface area contributed by atoms with Crippen molar-refractivity contribution in [1.82, 2.24) is 0 Å². The number of hydrogen-bond donors (Lipinski definition) is 0. The second kappa shape index (κ2) is 2.71. The molecule has 12 heavy (non-hydrogen) atoms. The summed E-state index contributed by atoms with van der Waals surface area (Å²) in [5.41, 5.74) is 2.02. The maximum atomic E-state index is 8.51. The van der Waals surface area contributed by atoms with Gasteiger partial charge in [-0.1, -0.05) is 12.1 Å². The van der Waals surface area contributed by atoms with E-state index in [9.17, 15) is 0 Å². The molecule has 1 aliphatic heterocycles. The molecule has 2 heteroatoms. The first-order valence-corrected chi connectivity index (χ1v) is 3.74. The van der Waals surface area contributed by atoms with Gasteiger partial charge in [0, 0.05) is 11.1 Å². The molecule has 0 bridgehead atoms.